The van der Waals surface area contributed by atoms with Crippen LogP contribution in [0.3, 0.4) is 0 Å². The number of fused-ring (bicyclic) bond motifs is 6. The molecule has 0 saturated carbocycles. The summed E-state index contributed by atoms with van der Waals surface area (Å²) >= 11 is 10.3. The molecule has 6 rings (SSSR count). The highest BCUT2D eigenvalue weighted by molar-refractivity contribution is 8.07. The fourth-order valence-corrected chi connectivity index (χ4v) is 6.94. The minimum atomic E-state index is -4.21. The van der Waals surface area contributed by atoms with Crippen molar-refractivity contribution in [2.75, 3.05) is 13.2 Å². The molecule has 222 valence electrons. The molecule has 22 heteroatoms. The van der Waals surface area contributed by atoms with Crippen LogP contribution in [0.2, 0.25) is 0 Å². The van der Waals surface area contributed by atoms with Crippen LogP contribution in [0.25, 0.3) is 27.2 Å². The predicted octanol–water partition coefficient (Wildman–Crippen LogP) is 1.44. The van der Waals surface area contributed by atoms with Gasteiger partial charge < -0.3 is 37.6 Å². The summed E-state index contributed by atoms with van der Waals surface area (Å²) in [6, 6.07) is 1.51. The molecule has 2 bridgehead atoms. The first-order valence-electron chi connectivity index (χ1n) is 12.1. The van der Waals surface area contributed by atoms with Crippen LogP contribution < -0.4 is 5.56 Å². The van der Waals surface area contributed by atoms with Gasteiger partial charge in [-0.1, -0.05) is 5.21 Å². The number of pyridine rings is 1. The van der Waals surface area contributed by atoms with Gasteiger partial charge in [-0.3, -0.25) is 9.32 Å². The van der Waals surface area contributed by atoms with Crippen molar-refractivity contribution in [3.05, 3.63) is 45.7 Å². The Morgan fingerprint density at radius 3 is 2.81 bits per heavy atom. The van der Waals surface area contributed by atoms with E-state index in [-0.39, 0.29) is 41.7 Å². The summed E-state index contributed by atoms with van der Waals surface area (Å²) < 4.78 is 46.3. The maximum absolute atomic E-state index is 15.9. The fourth-order valence-electron chi connectivity index (χ4n) is 4.49. The Labute approximate surface area is 244 Å². The van der Waals surface area contributed by atoms with Gasteiger partial charge in [0.15, 0.2) is 29.2 Å². The second kappa shape index (κ2) is 11.1. The van der Waals surface area contributed by atoms with Gasteiger partial charge in [-0.2, -0.15) is 4.68 Å². The molecule has 0 amide bonds. The number of ether oxygens (including phenoxy) is 1. The highest BCUT2D eigenvalue weighted by Crippen LogP contribution is 2.52. The first kappa shape index (κ1) is 29.4. The van der Waals surface area contributed by atoms with Crippen molar-refractivity contribution >= 4 is 65.1 Å². The Bertz CT molecular complexity index is 1900. The lowest BCUT2D eigenvalue weighted by Gasteiger charge is -2.24. The number of aryl methyl sites for hydroxylation is 1. The number of imidazole rings is 1. The highest BCUT2D eigenvalue weighted by Gasteiger charge is 2.51. The minimum absolute atomic E-state index is 0.0409. The number of hydrogen-bond donors (Lipinski definition) is 3. The van der Waals surface area contributed by atoms with E-state index in [0.29, 0.717) is 11.2 Å². The lowest BCUT2D eigenvalue weighted by molar-refractivity contribution is -0.0532. The van der Waals surface area contributed by atoms with Gasteiger partial charge in [-0.25, -0.2) is 24.2 Å². The molecule has 0 aliphatic carbocycles. The Morgan fingerprint density at radius 2 is 2.02 bits per heavy atom. The number of rotatable bonds is 1. The van der Waals surface area contributed by atoms with Gasteiger partial charge in [-0.15, -0.1) is 5.10 Å². The molecule has 17 nitrogen and oxygen atoms in total. The van der Waals surface area contributed by atoms with Crippen molar-refractivity contribution in [1.82, 2.24) is 39.5 Å². The van der Waals surface area contributed by atoms with Crippen LogP contribution in [0, 0.1) is 13.5 Å². The number of nitrogens with one attached hydrogen (secondary N) is 1. The second-order valence-electron chi connectivity index (χ2n) is 9.10. The largest absolute Gasteiger partial charge is 0.345 e. The van der Waals surface area contributed by atoms with Gasteiger partial charge in [0.2, 0.25) is 5.69 Å². The molecule has 2 aliphatic heterocycles. The lowest BCUT2D eigenvalue weighted by atomic mass is 10.1. The molecule has 4 aromatic heterocycles. The van der Waals surface area contributed by atoms with E-state index in [4.69, 9.17) is 53.0 Å². The first-order valence-corrected chi connectivity index (χ1v) is 17.2. The standard InChI is InChI=1S/C20H20FN9O8P2S2/c1-9-24-18-15(19(31)25-9)27-28-30(18)20-16-14(21)12(37-20)7-35-39(32,41)34-4-3-29-13(8-36-40(33,42)38-16)26-11-5-10(22-2)6-23-17(11)29/h5-6,12,14,16,20H,3-4,7-8H2,1H3,(H,32,41)(H,33,42)(H,24,25,31)/t12-,14-,16-,20-,39?,40?/m1/s1. The Balaban J connectivity index is 1.38. The van der Waals surface area contributed by atoms with Crippen LogP contribution in [0.1, 0.15) is 17.9 Å². The molecule has 2 unspecified atom stereocenters. The SMILES string of the molecule is [C-]#[N+]c1cnc2c(c1)nc1n2CCOP(O)(=S)OC[C@H]2O[C@@H](n3nnc4c(=O)[nH]c(C)nc43)[C@H](OP(O)(=S)OC1)[C@@H]2F. The molecular formula is C20H20FN9O8P2S2. The molecule has 0 radical (unpaired) electrons. The number of nitrogens with zero attached hydrogens (tertiary/aromatic N) is 8. The van der Waals surface area contributed by atoms with Crippen molar-refractivity contribution in [1.29, 1.82) is 0 Å². The van der Waals surface area contributed by atoms with Crippen molar-refractivity contribution in [3.63, 3.8) is 0 Å². The van der Waals surface area contributed by atoms with E-state index in [2.05, 4.69) is 35.1 Å². The molecule has 1 fully saturated rings. The second-order valence-corrected chi connectivity index (χ2v) is 14.7. The van der Waals surface area contributed by atoms with E-state index in [9.17, 15) is 14.6 Å². The summed E-state index contributed by atoms with van der Waals surface area (Å²) in [5, 5.41) is 7.71. The lowest BCUT2D eigenvalue weighted by Crippen LogP contribution is -2.32. The van der Waals surface area contributed by atoms with Crippen LogP contribution in [-0.4, -0.2) is 80.9 Å². The number of aromatic nitrogens is 8. The van der Waals surface area contributed by atoms with Crippen LogP contribution in [0.15, 0.2) is 17.1 Å². The van der Waals surface area contributed by atoms with E-state index in [1.807, 2.05) is 0 Å². The molecule has 42 heavy (non-hydrogen) atoms. The number of aromatic amines is 1. The zero-order chi connectivity index (χ0) is 29.8. The maximum atomic E-state index is 15.9. The Hall–Kier alpha value is -2.66. The third-order valence-corrected chi connectivity index (χ3v) is 9.48. The number of alkyl halides is 1. The molecule has 6 atom stereocenters. The summed E-state index contributed by atoms with van der Waals surface area (Å²) in [6.45, 7) is -0.409. The molecule has 1 saturated heterocycles. The van der Waals surface area contributed by atoms with Crippen LogP contribution >= 0.6 is 13.4 Å². The zero-order valence-corrected chi connectivity index (χ0v) is 24.7. The molecule has 0 aromatic carbocycles. The Kier molecular flexibility index (Phi) is 7.79. The number of hydrogen-bond acceptors (Lipinski definition) is 13. The van der Waals surface area contributed by atoms with E-state index >= 15 is 4.39 Å². The average Bonchev–Trinajstić information content (AvgIpc) is 3.59. The summed E-state index contributed by atoms with van der Waals surface area (Å²) in [7, 11) is 0. The van der Waals surface area contributed by atoms with Crippen molar-refractivity contribution in [3.8, 4) is 0 Å². The minimum Gasteiger partial charge on any atom is -0.345 e. The summed E-state index contributed by atoms with van der Waals surface area (Å²) in [6.07, 6.45) is -5.16. The third-order valence-electron chi connectivity index (χ3n) is 6.32. The summed E-state index contributed by atoms with van der Waals surface area (Å²) in [5.74, 6) is 0.444. The molecule has 6 heterocycles. The van der Waals surface area contributed by atoms with Gasteiger partial charge >= 0.3 is 13.4 Å². The zero-order valence-electron chi connectivity index (χ0n) is 21.3. The van der Waals surface area contributed by atoms with Gasteiger partial charge in [0.1, 0.15) is 30.5 Å². The Morgan fingerprint density at radius 1 is 1.21 bits per heavy atom. The molecular weight excluding hydrogens is 639 g/mol. The first-order chi connectivity index (χ1) is 19.9. The number of H-pyrrole nitrogens is 1. The quantitative estimate of drug-likeness (QED) is 0.196. The van der Waals surface area contributed by atoms with Crippen LogP contribution in [0.5, 0.6) is 0 Å². The smallest absolute Gasteiger partial charge is 0.325 e. The van der Waals surface area contributed by atoms with Crippen molar-refractivity contribution in [2.24, 2.45) is 0 Å². The van der Waals surface area contributed by atoms with Crippen molar-refractivity contribution < 1.29 is 37.0 Å². The van der Waals surface area contributed by atoms with Gasteiger partial charge in [0.05, 0.1) is 25.3 Å². The van der Waals surface area contributed by atoms with Gasteiger partial charge in [-0.05, 0) is 36.6 Å². The normalized spacial score (nSPS) is 30.9. The van der Waals surface area contributed by atoms with Gasteiger partial charge in [0, 0.05) is 12.7 Å². The third kappa shape index (κ3) is 5.66. The maximum Gasteiger partial charge on any atom is 0.325 e. The van der Waals surface area contributed by atoms with E-state index in [1.54, 1.807) is 4.57 Å². The predicted molar refractivity (Wildman–Crippen MR) is 148 cm³/mol. The monoisotopic (exact) mass is 659 g/mol. The van der Waals surface area contributed by atoms with E-state index < -0.39 is 56.8 Å². The number of halogens is 1. The van der Waals surface area contributed by atoms with Crippen LogP contribution in [-0.2, 0) is 59.6 Å². The molecule has 2 aliphatic rings. The highest BCUT2D eigenvalue weighted by atomic mass is 32.5. The van der Waals surface area contributed by atoms with Crippen molar-refractivity contribution in [2.45, 2.75) is 44.7 Å². The van der Waals surface area contributed by atoms with Gasteiger partial charge in [0.25, 0.3) is 5.56 Å². The van der Waals surface area contributed by atoms with E-state index in [0.717, 1.165) is 4.68 Å². The fraction of sp³-hybridized carbons (Fsp3) is 0.450. The summed E-state index contributed by atoms with van der Waals surface area (Å²) in [4.78, 5) is 52.7. The van der Waals surface area contributed by atoms with E-state index in [1.165, 1.54) is 19.2 Å². The molecule has 4 aromatic rings. The van der Waals surface area contributed by atoms with Crippen LogP contribution in [0.4, 0.5) is 10.1 Å². The topological polar surface area (TPSA) is 198 Å². The average molecular weight is 660 g/mol. The summed E-state index contributed by atoms with van der Waals surface area (Å²) in [5.41, 5.74) is 0.187. The molecule has 3 N–H and O–H groups in total. The molecule has 0 spiro atoms.